The van der Waals surface area contributed by atoms with E-state index in [1.807, 2.05) is 6.92 Å². The topological polar surface area (TPSA) is 136 Å². The number of rotatable bonds is 6. The predicted octanol–water partition coefficient (Wildman–Crippen LogP) is 2.98. The minimum absolute atomic E-state index is 0.344. The molecule has 158 valence electrons. The van der Waals surface area contributed by atoms with E-state index in [2.05, 4.69) is 14.7 Å². The fourth-order valence-electron chi connectivity index (χ4n) is 3.46. The van der Waals surface area contributed by atoms with Gasteiger partial charge in [-0.3, -0.25) is 4.98 Å². The van der Waals surface area contributed by atoms with Crippen molar-refractivity contribution < 1.29 is 17.8 Å². The van der Waals surface area contributed by atoms with Gasteiger partial charge in [0.25, 0.3) is 0 Å². The highest BCUT2D eigenvalue weighted by atomic mass is 32.2. The van der Waals surface area contributed by atoms with Gasteiger partial charge in [-0.15, -0.1) is 4.36 Å². The van der Waals surface area contributed by atoms with Crippen LogP contribution in [-0.4, -0.2) is 28.0 Å². The molecule has 1 aromatic heterocycles. The highest BCUT2D eigenvalue weighted by Crippen LogP contribution is 2.47. The zero-order valence-electron chi connectivity index (χ0n) is 16.0. The van der Waals surface area contributed by atoms with Crippen LogP contribution in [0.3, 0.4) is 0 Å². The summed E-state index contributed by atoms with van der Waals surface area (Å²) in [5.41, 5.74) is 10.2. The van der Waals surface area contributed by atoms with E-state index < -0.39 is 27.5 Å². The molecule has 1 atom stereocenters. The second kappa shape index (κ2) is 8.54. The minimum Gasteiger partial charge on any atom is -0.390 e. The molecule has 2 aliphatic carbocycles. The zero-order valence-corrected chi connectivity index (χ0v) is 16.8. The Morgan fingerprint density at radius 2 is 2.14 bits per heavy atom. The molecular weight excluding hydrogens is 402 g/mol. The SMILES string of the molecule is CCc1nc2c(c(NC(=O)N=S(N)(=O)C(N)=CC=NC(F)F)c1C1CC1)CCC2. The largest absolute Gasteiger partial charge is 0.390 e. The normalized spacial score (nSPS) is 18.7. The molecule has 1 aromatic rings. The van der Waals surface area contributed by atoms with E-state index in [1.54, 1.807) is 0 Å². The number of halogens is 2. The Bertz CT molecular complexity index is 995. The van der Waals surface area contributed by atoms with Crippen LogP contribution < -0.4 is 16.2 Å². The second-order valence-electron chi connectivity index (χ2n) is 6.99. The first kappa shape index (κ1) is 21.3. The number of hydrogen-bond donors (Lipinski definition) is 3. The van der Waals surface area contributed by atoms with Gasteiger partial charge in [-0.05, 0) is 56.1 Å². The van der Waals surface area contributed by atoms with Crippen molar-refractivity contribution in [3.05, 3.63) is 33.6 Å². The van der Waals surface area contributed by atoms with Crippen molar-refractivity contribution in [2.24, 2.45) is 20.2 Å². The minimum atomic E-state index is -3.77. The van der Waals surface area contributed by atoms with Crippen molar-refractivity contribution in [3.8, 4) is 0 Å². The van der Waals surface area contributed by atoms with Crippen LogP contribution in [0.15, 0.2) is 20.5 Å². The number of allylic oxidation sites excluding steroid dienone is 1. The third-order valence-corrected chi connectivity index (χ3v) is 6.14. The summed E-state index contributed by atoms with van der Waals surface area (Å²) in [6, 6.07) is -0.899. The monoisotopic (exact) mass is 426 g/mol. The van der Waals surface area contributed by atoms with Crippen molar-refractivity contribution in [2.45, 2.75) is 57.9 Å². The lowest BCUT2D eigenvalue weighted by Crippen LogP contribution is -2.24. The smallest absolute Gasteiger partial charge is 0.354 e. The van der Waals surface area contributed by atoms with Gasteiger partial charge in [-0.25, -0.2) is 19.1 Å². The molecule has 29 heavy (non-hydrogen) atoms. The first-order chi connectivity index (χ1) is 13.7. The second-order valence-corrected chi connectivity index (χ2v) is 8.78. The molecule has 0 aliphatic heterocycles. The summed E-state index contributed by atoms with van der Waals surface area (Å²) in [6.45, 7) is -0.916. The van der Waals surface area contributed by atoms with Gasteiger partial charge in [0.1, 0.15) is 5.03 Å². The van der Waals surface area contributed by atoms with Crippen molar-refractivity contribution in [2.75, 3.05) is 5.32 Å². The number of anilines is 1. The molecule has 8 nitrogen and oxygen atoms in total. The first-order valence-corrected chi connectivity index (χ1v) is 11.0. The lowest BCUT2D eigenvalue weighted by molar-refractivity contribution is 0.161. The van der Waals surface area contributed by atoms with Crippen LogP contribution in [0.2, 0.25) is 0 Å². The van der Waals surface area contributed by atoms with Crippen LogP contribution in [0, 0.1) is 0 Å². The molecule has 1 unspecified atom stereocenters. The van der Waals surface area contributed by atoms with E-state index >= 15 is 0 Å². The van der Waals surface area contributed by atoms with Gasteiger partial charge in [0, 0.05) is 23.2 Å². The number of nitrogens with zero attached hydrogens (tertiary/aromatic N) is 3. The Morgan fingerprint density at radius 3 is 2.76 bits per heavy atom. The number of aryl methyl sites for hydroxylation is 2. The Kier molecular flexibility index (Phi) is 6.27. The number of hydrogen-bond acceptors (Lipinski definition) is 5. The Hall–Kier alpha value is -2.40. The summed E-state index contributed by atoms with van der Waals surface area (Å²) >= 11 is 0. The molecule has 3 rings (SSSR count). The van der Waals surface area contributed by atoms with Crippen molar-refractivity contribution in [1.82, 2.24) is 4.98 Å². The molecule has 2 aliphatic rings. The third-order valence-electron chi connectivity index (χ3n) is 4.89. The molecule has 0 saturated heterocycles. The number of nitrogens with one attached hydrogen (secondary N) is 1. The fourth-order valence-corrected chi connectivity index (χ4v) is 4.11. The van der Waals surface area contributed by atoms with E-state index in [-0.39, 0.29) is 0 Å². The van der Waals surface area contributed by atoms with Gasteiger partial charge < -0.3 is 11.1 Å². The number of alkyl halides is 2. The number of carbonyl (C=O) groups is 1. The lowest BCUT2D eigenvalue weighted by Gasteiger charge is -2.18. The van der Waals surface area contributed by atoms with Crippen LogP contribution in [0.25, 0.3) is 0 Å². The van der Waals surface area contributed by atoms with Gasteiger partial charge in [-0.2, -0.15) is 8.78 Å². The van der Waals surface area contributed by atoms with E-state index in [1.165, 1.54) is 0 Å². The molecule has 1 fully saturated rings. The molecule has 0 spiro atoms. The maximum absolute atomic E-state index is 12.5. The number of aromatic nitrogens is 1. The van der Waals surface area contributed by atoms with Crippen molar-refractivity contribution >= 4 is 27.8 Å². The summed E-state index contributed by atoms with van der Waals surface area (Å²) in [5.74, 6) is 0.344. The Morgan fingerprint density at radius 1 is 1.41 bits per heavy atom. The molecular formula is C18H24F2N6O2S. The van der Waals surface area contributed by atoms with Gasteiger partial charge in [-0.1, -0.05) is 6.92 Å². The van der Waals surface area contributed by atoms with Gasteiger partial charge >= 0.3 is 12.6 Å². The number of fused-ring (bicyclic) bond motifs is 1. The molecule has 0 bridgehead atoms. The summed E-state index contributed by atoms with van der Waals surface area (Å²) in [5, 5.41) is 7.79. The summed E-state index contributed by atoms with van der Waals surface area (Å²) in [6.07, 6.45) is 6.92. The number of urea groups is 1. The maximum Gasteiger partial charge on any atom is 0.354 e. The number of aliphatic imine (C=N–C) groups is 1. The van der Waals surface area contributed by atoms with Crippen LogP contribution in [0.4, 0.5) is 19.3 Å². The third kappa shape index (κ3) is 4.96. The average molecular weight is 426 g/mol. The van der Waals surface area contributed by atoms with Crippen LogP contribution >= 0.6 is 0 Å². The number of amides is 2. The quantitative estimate of drug-likeness (QED) is 0.476. The molecule has 1 saturated carbocycles. The van der Waals surface area contributed by atoms with Gasteiger partial charge in [0.15, 0.2) is 9.92 Å². The van der Waals surface area contributed by atoms with E-state index in [9.17, 15) is 17.8 Å². The van der Waals surface area contributed by atoms with Crippen LogP contribution in [0.5, 0.6) is 0 Å². The fraction of sp³-hybridized carbons (Fsp3) is 0.500. The van der Waals surface area contributed by atoms with Crippen molar-refractivity contribution in [1.29, 1.82) is 0 Å². The standard InChI is InChI=1S/C18H24F2N6O2S/c1-2-12-15(10-6-7-10)16(11-4-3-5-13(11)24-12)25-18(27)26-29(22,28)14(21)8-9-23-17(19)20/h8-10,17H,2-7,21H2,1H3,(H3,22,24,25,26,27,28). The van der Waals surface area contributed by atoms with Crippen LogP contribution in [0.1, 0.15) is 54.6 Å². The molecule has 1 heterocycles. The first-order valence-electron chi connectivity index (χ1n) is 9.40. The molecule has 0 radical (unpaired) electrons. The predicted molar refractivity (Wildman–Crippen MR) is 108 cm³/mol. The lowest BCUT2D eigenvalue weighted by atomic mass is 9.99. The summed E-state index contributed by atoms with van der Waals surface area (Å²) in [4.78, 5) is 20.1. The average Bonchev–Trinajstić information content (AvgIpc) is 3.36. The summed E-state index contributed by atoms with van der Waals surface area (Å²) < 4.78 is 40.0. The highest BCUT2D eigenvalue weighted by Gasteiger charge is 2.33. The Labute approximate surface area is 168 Å². The zero-order chi connectivity index (χ0) is 21.2. The van der Waals surface area contributed by atoms with Gasteiger partial charge in [0.05, 0.1) is 5.69 Å². The van der Waals surface area contributed by atoms with Gasteiger partial charge in [0.2, 0.25) is 0 Å². The number of carbonyl (C=O) groups excluding carboxylic acids is 1. The number of pyridine rings is 1. The van der Waals surface area contributed by atoms with E-state index in [0.29, 0.717) is 17.8 Å². The van der Waals surface area contributed by atoms with Crippen LogP contribution in [-0.2, 0) is 29.2 Å². The molecule has 2 amide bonds. The molecule has 5 N–H and O–H groups in total. The molecule has 0 aromatic carbocycles. The maximum atomic E-state index is 12.5. The Balaban J connectivity index is 1.92. The molecule has 11 heteroatoms. The van der Waals surface area contributed by atoms with E-state index in [4.69, 9.17) is 15.9 Å². The van der Waals surface area contributed by atoms with Crippen molar-refractivity contribution in [3.63, 3.8) is 0 Å². The van der Waals surface area contributed by atoms with E-state index in [0.717, 1.165) is 67.1 Å². The number of nitrogens with two attached hydrogens (primary N) is 2. The highest BCUT2D eigenvalue weighted by molar-refractivity contribution is 7.95. The summed E-state index contributed by atoms with van der Waals surface area (Å²) in [7, 11) is -3.77.